The maximum absolute atomic E-state index is 13.4. The van der Waals surface area contributed by atoms with Crippen LogP contribution in [0.3, 0.4) is 0 Å². The Labute approximate surface area is 184 Å². The molecule has 0 amide bonds. The van der Waals surface area contributed by atoms with Gasteiger partial charge in [0.15, 0.2) is 5.65 Å². The van der Waals surface area contributed by atoms with Crippen LogP contribution in [0.2, 0.25) is 0 Å². The number of rotatable bonds is 3. The zero-order chi connectivity index (χ0) is 21.5. The SMILES string of the molecule is Fc1ccc(-c2nnn3c2nc(N2CC=C(c4ccccc4)CC2)c2ccccc23)cc1. The van der Waals surface area contributed by atoms with Crippen LogP contribution >= 0.6 is 0 Å². The Balaban J connectivity index is 1.47. The van der Waals surface area contributed by atoms with E-state index < -0.39 is 0 Å². The number of hydrogen-bond donors (Lipinski definition) is 0. The van der Waals surface area contributed by atoms with Gasteiger partial charge in [-0.2, -0.15) is 4.52 Å². The molecule has 156 valence electrons. The largest absolute Gasteiger partial charge is 0.352 e. The zero-order valence-corrected chi connectivity index (χ0v) is 17.3. The van der Waals surface area contributed by atoms with Crippen molar-refractivity contribution in [3.8, 4) is 11.3 Å². The van der Waals surface area contributed by atoms with E-state index in [2.05, 4.69) is 51.6 Å². The molecule has 1 aliphatic rings. The summed E-state index contributed by atoms with van der Waals surface area (Å²) in [6.45, 7) is 1.66. The lowest BCUT2D eigenvalue weighted by molar-refractivity contribution is 0.628. The molecule has 2 aromatic heterocycles. The summed E-state index contributed by atoms with van der Waals surface area (Å²) < 4.78 is 15.2. The number of nitrogens with zero attached hydrogens (tertiary/aromatic N) is 5. The first kappa shape index (κ1) is 18.7. The Morgan fingerprint density at radius 1 is 0.812 bits per heavy atom. The fraction of sp³-hybridized carbons (Fsp3) is 0.115. The van der Waals surface area contributed by atoms with Crippen LogP contribution in [0.15, 0.2) is 84.9 Å². The fourth-order valence-corrected chi connectivity index (χ4v) is 4.36. The molecule has 3 heterocycles. The molecule has 0 atom stereocenters. The molecule has 0 N–H and O–H groups in total. The van der Waals surface area contributed by atoms with E-state index in [1.165, 1.54) is 23.3 Å². The van der Waals surface area contributed by atoms with Gasteiger partial charge in [-0.05, 0) is 54.0 Å². The molecular formula is C26H20FN5. The van der Waals surface area contributed by atoms with Crippen molar-refractivity contribution in [2.45, 2.75) is 6.42 Å². The molecule has 0 spiro atoms. The molecule has 0 unspecified atom stereocenters. The molecule has 6 heteroatoms. The third kappa shape index (κ3) is 3.12. The Bertz CT molecular complexity index is 1450. The standard InChI is InChI=1S/C26H20FN5/c27-21-12-10-20(11-13-21)24-26-28-25(22-8-4-5-9-23(22)32(26)30-29-24)31-16-14-19(15-17-31)18-6-2-1-3-7-18/h1-14H,15-17H2. The summed E-state index contributed by atoms with van der Waals surface area (Å²) in [6.07, 6.45) is 3.24. The van der Waals surface area contributed by atoms with Crippen molar-refractivity contribution in [3.05, 3.63) is 96.3 Å². The number of benzene rings is 3. The van der Waals surface area contributed by atoms with Gasteiger partial charge in [0.2, 0.25) is 0 Å². The predicted molar refractivity (Wildman–Crippen MR) is 125 cm³/mol. The normalized spacial score (nSPS) is 14.2. The van der Waals surface area contributed by atoms with E-state index in [0.29, 0.717) is 11.3 Å². The van der Waals surface area contributed by atoms with Crippen molar-refractivity contribution in [3.63, 3.8) is 0 Å². The second-order valence-corrected chi connectivity index (χ2v) is 7.92. The van der Waals surface area contributed by atoms with Gasteiger partial charge in [0.25, 0.3) is 0 Å². The van der Waals surface area contributed by atoms with Crippen molar-refractivity contribution in [1.82, 2.24) is 19.8 Å². The summed E-state index contributed by atoms with van der Waals surface area (Å²) in [5, 5.41) is 9.78. The lowest BCUT2D eigenvalue weighted by atomic mass is 9.99. The molecule has 0 bridgehead atoms. The molecule has 1 aliphatic heterocycles. The van der Waals surface area contributed by atoms with Gasteiger partial charge in [-0.3, -0.25) is 0 Å². The van der Waals surface area contributed by atoms with Crippen molar-refractivity contribution in [2.75, 3.05) is 18.0 Å². The van der Waals surface area contributed by atoms with Crippen LogP contribution in [0.4, 0.5) is 10.2 Å². The van der Waals surface area contributed by atoms with Crippen LogP contribution in [0.25, 0.3) is 33.4 Å². The number of hydrogen-bond acceptors (Lipinski definition) is 4. The Hall–Kier alpha value is -4.06. The molecule has 5 nitrogen and oxygen atoms in total. The molecule has 0 radical (unpaired) electrons. The molecule has 0 fully saturated rings. The number of halogens is 1. The minimum absolute atomic E-state index is 0.279. The highest BCUT2D eigenvalue weighted by Crippen LogP contribution is 2.32. The first-order valence-corrected chi connectivity index (χ1v) is 10.7. The second kappa shape index (κ2) is 7.57. The maximum Gasteiger partial charge on any atom is 0.186 e. The summed E-state index contributed by atoms with van der Waals surface area (Å²) in [6, 6.07) is 24.9. The van der Waals surface area contributed by atoms with Crippen molar-refractivity contribution in [2.24, 2.45) is 0 Å². The van der Waals surface area contributed by atoms with Gasteiger partial charge >= 0.3 is 0 Å². The lowest BCUT2D eigenvalue weighted by Crippen LogP contribution is -2.29. The number of para-hydroxylation sites is 1. The summed E-state index contributed by atoms with van der Waals surface area (Å²) >= 11 is 0. The number of anilines is 1. The van der Waals surface area contributed by atoms with Gasteiger partial charge < -0.3 is 4.90 Å². The fourth-order valence-electron chi connectivity index (χ4n) is 4.36. The Morgan fingerprint density at radius 3 is 2.38 bits per heavy atom. The van der Waals surface area contributed by atoms with E-state index in [1.807, 2.05) is 24.3 Å². The zero-order valence-electron chi connectivity index (χ0n) is 17.3. The van der Waals surface area contributed by atoms with E-state index in [4.69, 9.17) is 4.98 Å². The summed E-state index contributed by atoms with van der Waals surface area (Å²) in [5.41, 5.74) is 5.70. The van der Waals surface area contributed by atoms with Gasteiger partial charge in [0.1, 0.15) is 17.3 Å². The second-order valence-electron chi connectivity index (χ2n) is 7.92. The highest BCUT2D eigenvalue weighted by atomic mass is 19.1. The van der Waals surface area contributed by atoms with Gasteiger partial charge in [0.05, 0.1) is 5.52 Å². The van der Waals surface area contributed by atoms with Crippen LogP contribution in [-0.2, 0) is 0 Å². The third-order valence-corrected chi connectivity index (χ3v) is 6.00. The molecule has 0 saturated carbocycles. The van der Waals surface area contributed by atoms with Crippen LogP contribution in [-0.4, -0.2) is 32.9 Å². The van der Waals surface area contributed by atoms with Gasteiger partial charge in [0, 0.05) is 24.0 Å². The first-order chi connectivity index (χ1) is 15.8. The van der Waals surface area contributed by atoms with E-state index in [9.17, 15) is 4.39 Å². The number of aromatic nitrogens is 4. The Kier molecular flexibility index (Phi) is 4.42. The van der Waals surface area contributed by atoms with E-state index in [0.717, 1.165) is 41.8 Å². The molecule has 3 aromatic carbocycles. The molecule has 32 heavy (non-hydrogen) atoms. The van der Waals surface area contributed by atoms with E-state index in [1.54, 1.807) is 16.6 Å². The maximum atomic E-state index is 13.4. The third-order valence-electron chi connectivity index (χ3n) is 6.00. The van der Waals surface area contributed by atoms with E-state index in [-0.39, 0.29) is 5.82 Å². The predicted octanol–water partition coefficient (Wildman–Crippen LogP) is 5.38. The topological polar surface area (TPSA) is 46.3 Å². The minimum Gasteiger partial charge on any atom is -0.352 e. The molecule has 5 aromatic rings. The quantitative estimate of drug-likeness (QED) is 0.393. The lowest BCUT2D eigenvalue weighted by Gasteiger charge is -2.28. The summed E-state index contributed by atoms with van der Waals surface area (Å²) in [7, 11) is 0. The average Bonchev–Trinajstić information content (AvgIpc) is 3.29. The summed E-state index contributed by atoms with van der Waals surface area (Å²) in [5.74, 6) is 0.640. The smallest absolute Gasteiger partial charge is 0.186 e. The van der Waals surface area contributed by atoms with Gasteiger partial charge in [-0.25, -0.2) is 9.37 Å². The van der Waals surface area contributed by atoms with Crippen molar-refractivity contribution in [1.29, 1.82) is 0 Å². The highest BCUT2D eigenvalue weighted by Gasteiger charge is 2.21. The summed E-state index contributed by atoms with van der Waals surface area (Å²) in [4.78, 5) is 7.33. The van der Waals surface area contributed by atoms with Crippen LogP contribution in [0, 0.1) is 5.82 Å². The van der Waals surface area contributed by atoms with E-state index >= 15 is 0 Å². The minimum atomic E-state index is -0.279. The monoisotopic (exact) mass is 421 g/mol. The van der Waals surface area contributed by atoms with Crippen molar-refractivity contribution >= 4 is 27.9 Å². The van der Waals surface area contributed by atoms with Crippen LogP contribution in [0.1, 0.15) is 12.0 Å². The molecule has 6 rings (SSSR count). The van der Waals surface area contributed by atoms with Crippen molar-refractivity contribution < 1.29 is 4.39 Å². The average molecular weight is 421 g/mol. The van der Waals surface area contributed by atoms with Crippen LogP contribution < -0.4 is 4.90 Å². The molecular weight excluding hydrogens is 401 g/mol. The van der Waals surface area contributed by atoms with Gasteiger partial charge in [-0.1, -0.05) is 53.8 Å². The van der Waals surface area contributed by atoms with Crippen LogP contribution in [0.5, 0.6) is 0 Å². The van der Waals surface area contributed by atoms with Gasteiger partial charge in [-0.15, -0.1) is 5.10 Å². The first-order valence-electron chi connectivity index (χ1n) is 10.7. The Morgan fingerprint density at radius 2 is 1.59 bits per heavy atom. The molecule has 0 saturated heterocycles. The highest BCUT2D eigenvalue weighted by molar-refractivity contribution is 5.94. The number of fused-ring (bicyclic) bond motifs is 3. The molecule has 0 aliphatic carbocycles.